The highest BCUT2D eigenvalue weighted by atomic mass is 16.6. The van der Waals surface area contributed by atoms with Crippen LogP contribution < -0.4 is 0 Å². The summed E-state index contributed by atoms with van der Waals surface area (Å²) in [5, 5.41) is 0. The van der Waals surface area contributed by atoms with Crippen molar-refractivity contribution in [2.75, 3.05) is 32.8 Å². The van der Waals surface area contributed by atoms with Crippen molar-refractivity contribution in [3.8, 4) is 0 Å². The van der Waals surface area contributed by atoms with Gasteiger partial charge in [-0.25, -0.2) is 0 Å². The van der Waals surface area contributed by atoms with Crippen molar-refractivity contribution in [1.82, 2.24) is 4.90 Å². The van der Waals surface area contributed by atoms with Crippen LogP contribution in [-0.2, 0) is 14.3 Å². The summed E-state index contributed by atoms with van der Waals surface area (Å²) in [5.41, 5.74) is 0. The molecule has 106 valence electrons. The predicted molar refractivity (Wildman–Crippen MR) is 71.4 cm³/mol. The molecule has 1 heterocycles. The van der Waals surface area contributed by atoms with Crippen molar-refractivity contribution in [2.45, 2.75) is 40.2 Å². The van der Waals surface area contributed by atoms with Gasteiger partial charge in [-0.3, -0.25) is 9.69 Å². The molecular weight excluding hydrogens is 230 g/mol. The first-order valence-electron chi connectivity index (χ1n) is 7.03. The molecule has 4 nitrogen and oxygen atoms in total. The van der Waals surface area contributed by atoms with Crippen LogP contribution in [0.2, 0.25) is 0 Å². The molecule has 0 N–H and O–H groups in total. The van der Waals surface area contributed by atoms with Gasteiger partial charge in [-0.05, 0) is 12.3 Å². The Morgan fingerprint density at radius 1 is 1.44 bits per heavy atom. The Morgan fingerprint density at radius 3 is 2.78 bits per heavy atom. The van der Waals surface area contributed by atoms with Crippen LogP contribution in [-0.4, -0.2) is 49.8 Å². The lowest BCUT2D eigenvalue weighted by molar-refractivity contribution is -0.154. The Hall–Kier alpha value is -0.610. The zero-order valence-corrected chi connectivity index (χ0v) is 12.1. The van der Waals surface area contributed by atoms with Crippen LogP contribution in [0, 0.1) is 11.8 Å². The molecule has 0 amide bonds. The van der Waals surface area contributed by atoms with Gasteiger partial charge in [0, 0.05) is 19.6 Å². The molecule has 0 aromatic rings. The summed E-state index contributed by atoms with van der Waals surface area (Å²) in [6, 6.07) is 0. The number of morpholine rings is 1. The van der Waals surface area contributed by atoms with E-state index >= 15 is 0 Å². The van der Waals surface area contributed by atoms with Gasteiger partial charge in [0.1, 0.15) is 12.7 Å². The molecule has 1 rings (SSSR count). The van der Waals surface area contributed by atoms with Gasteiger partial charge in [-0.2, -0.15) is 0 Å². The highest BCUT2D eigenvalue weighted by Gasteiger charge is 2.23. The molecule has 2 atom stereocenters. The number of carbonyl (C=O) groups is 1. The minimum Gasteiger partial charge on any atom is -0.463 e. The van der Waals surface area contributed by atoms with Crippen LogP contribution in [0.1, 0.15) is 34.1 Å². The number of nitrogens with zero attached hydrogens (tertiary/aromatic N) is 1. The lowest BCUT2D eigenvalue weighted by Crippen LogP contribution is -2.46. The van der Waals surface area contributed by atoms with E-state index < -0.39 is 0 Å². The van der Waals surface area contributed by atoms with Crippen LogP contribution in [0.4, 0.5) is 0 Å². The number of rotatable bonds is 6. The number of esters is 1. The minimum absolute atomic E-state index is 0.0136. The summed E-state index contributed by atoms with van der Waals surface area (Å²) in [4.78, 5) is 14.0. The number of hydrogen-bond donors (Lipinski definition) is 0. The maximum atomic E-state index is 11.6. The van der Waals surface area contributed by atoms with Gasteiger partial charge in [0.25, 0.3) is 0 Å². The highest BCUT2D eigenvalue weighted by Crippen LogP contribution is 2.10. The lowest BCUT2D eigenvalue weighted by atomic mass is 10.1. The van der Waals surface area contributed by atoms with Gasteiger partial charge in [0.05, 0.1) is 12.5 Å². The molecule has 0 saturated carbocycles. The van der Waals surface area contributed by atoms with Gasteiger partial charge >= 0.3 is 5.97 Å². The standard InChI is InChI=1S/C14H27NO3/c1-5-12(4)14(16)18-10-13-9-15(6-7-17-13)8-11(2)3/h11-13H,5-10H2,1-4H3. The van der Waals surface area contributed by atoms with E-state index in [2.05, 4.69) is 18.7 Å². The second-order valence-corrected chi connectivity index (χ2v) is 5.59. The monoisotopic (exact) mass is 257 g/mol. The van der Waals surface area contributed by atoms with E-state index in [1.54, 1.807) is 0 Å². The van der Waals surface area contributed by atoms with Crippen LogP contribution >= 0.6 is 0 Å². The normalized spacial score (nSPS) is 23.1. The highest BCUT2D eigenvalue weighted by molar-refractivity contribution is 5.71. The average molecular weight is 257 g/mol. The van der Waals surface area contributed by atoms with Crippen molar-refractivity contribution in [3.63, 3.8) is 0 Å². The first kappa shape index (κ1) is 15.4. The fraction of sp³-hybridized carbons (Fsp3) is 0.929. The van der Waals surface area contributed by atoms with Crippen molar-refractivity contribution in [1.29, 1.82) is 0 Å². The van der Waals surface area contributed by atoms with E-state index in [-0.39, 0.29) is 18.0 Å². The second kappa shape index (κ2) is 7.74. The van der Waals surface area contributed by atoms with Crippen LogP contribution in [0.3, 0.4) is 0 Å². The van der Waals surface area contributed by atoms with Crippen LogP contribution in [0.15, 0.2) is 0 Å². The summed E-state index contributed by atoms with van der Waals surface area (Å²) in [7, 11) is 0. The number of hydrogen-bond acceptors (Lipinski definition) is 4. The summed E-state index contributed by atoms with van der Waals surface area (Å²) in [6.07, 6.45) is 0.856. The molecule has 0 radical (unpaired) electrons. The van der Waals surface area contributed by atoms with Crippen LogP contribution in [0.25, 0.3) is 0 Å². The zero-order chi connectivity index (χ0) is 13.5. The topological polar surface area (TPSA) is 38.8 Å². The number of ether oxygens (including phenoxy) is 2. The Labute approximate surface area is 111 Å². The minimum atomic E-state index is -0.109. The zero-order valence-electron chi connectivity index (χ0n) is 12.1. The fourth-order valence-corrected chi connectivity index (χ4v) is 2.05. The summed E-state index contributed by atoms with van der Waals surface area (Å²) in [6.45, 7) is 12.4. The molecule has 4 heteroatoms. The van der Waals surface area contributed by atoms with E-state index in [1.165, 1.54) is 0 Å². The van der Waals surface area contributed by atoms with Gasteiger partial charge in [-0.1, -0.05) is 27.7 Å². The molecule has 0 aliphatic carbocycles. The van der Waals surface area contributed by atoms with E-state index in [9.17, 15) is 4.79 Å². The predicted octanol–water partition coefficient (Wildman–Crippen LogP) is 1.93. The molecule has 0 spiro atoms. The molecule has 1 saturated heterocycles. The Bertz CT molecular complexity index is 255. The molecule has 0 aromatic heterocycles. The largest absolute Gasteiger partial charge is 0.463 e. The Balaban J connectivity index is 2.27. The first-order chi connectivity index (χ1) is 8.52. The SMILES string of the molecule is CCC(C)C(=O)OCC1CN(CC(C)C)CCO1. The van der Waals surface area contributed by atoms with Crippen molar-refractivity contribution in [3.05, 3.63) is 0 Å². The maximum absolute atomic E-state index is 11.6. The third-order valence-corrected chi connectivity index (χ3v) is 3.27. The molecule has 0 bridgehead atoms. The van der Waals surface area contributed by atoms with Crippen molar-refractivity contribution >= 4 is 5.97 Å². The van der Waals surface area contributed by atoms with Crippen molar-refractivity contribution < 1.29 is 14.3 Å². The van der Waals surface area contributed by atoms with Crippen LogP contribution in [0.5, 0.6) is 0 Å². The average Bonchev–Trinajstić information content (AvgIpc) is 2.34. The molecule has 1 aliphatic heterocycles. The smallest absolute Gasteiger partial charge is 0.308 e. The Kier molecular flexibility index (Phi) is 6.65. The Morgan fingerprint density at radius 2 is 2.17 bits per heavy atom. The van der Waals surface area contributed by atoms with E-state index in [0.29, 0.717) is 12.5 Å². The van der Waals surface area contributed by atoms with E-state index in [0.717, 1.165) is 32.7 Å². The summed E-state index contributed by atoms with van der Waals surface area (Å²) < 4.78 is 10.9. The van der Waals surface area contributed by atoms with Gasteiger partial charge < -0.3 is 9.47 Å². The van der Waals surface area contributed by atoms with Gasteiger partial charge in [0.2, 0.25) is 0 Å². The van der Waals surface area contributed by atoms with Crippen molar-refractivity contribution in [2.24, 2.45) is 11.8 Å². The molecule has 1 fully saturated rings. The molecular formula is C14H27NO3. The fourth-order valence-electron chi connectivity index (χ4n) is 2.05. The summed E-state index contributed by atoms with van der Waals surface area (Å²) in [5.74, 6) is 0.536. The number of carbonyl (C=O) groups excluding carboxylic acids is 1. The van der Waals surface area contributed by atoms with Gasteiger partial charge in [-0.15, -0.1) is 0 Å². The quantitative estimate of drug-likeness (QED) is 0.682. The van der Waals surface area contributed by atoms with E-state index in [1.807, 2.05) is 13.8 Å². The second-order valence-electron chi connectivity index (χ2n) is 5.59. The molecule has 18 heavy (non-hydrogen) atoms. The molecule has 1 aliphatic rings. The molecule has 0 aromatic carbocycles. The third-order valence-electron chi connectivity index (χ3n) is 3.27. The lowest BCUT2D eigenvalue weighted by Gasteiger charge is -2.33. The van der Waals surface area contributed by atoms with E-state index in [4.69, 9.17) is 9.47 Å². The van der Waals surface area contributed by atoms with Gasteiger partial charge in [0.15, 0.2) is 0 Å². The first-order valence-corrected chi connectivity index (χ1v) is 7.03. The third kappa shape index (κ3) is 5.36. The summed E-state index contributed by atoms with van der Waals surface area (Å²) >= 11 is 0. The maximum Gasteiger partial charge on any atom is 0.308 e. The molecule has 2 unspecified atom stereocenters.